The molecule has 1 aromatic carbocycles. The Balaban J connectivity index is 1.65. The largest absolute Gasteiger partial charge is 0.485 e. The van der Waals surface area contributed by atoms with Gasteiger partial charge in [-0.05, 0) is 54.1 Å². The van der Waals surface area contributed by atoms with E-state index in [9.17, 15) is 13.2 Å². The van der Waals surface area contributed by atoms with Gasteiger partial charge in [-0.2, -0.15) is 9.57 Å². The molecule has 0 atom stereocenters. The molecule has 0 saturated heterocycles. The lowest BCUT2D eigenvalue weighted by Crippen LogP contribution is -2.35. The van der Waals surface area contributed by atoms with Crippen LogP contribution in [0.1, 0.15) is 11.1 Å². The van der Waals surface area contributed by atoms with E-state index in [0.717, 1.165) is 9.87 Å². The fourth-order valence-corrected chi connectivity index (χ4v) is 3.71. The molecule has 0 bridgehead atoms. The van der Waals surface area contributed by atoms with Crippen LogP contribution in [0.25, 0.3) is 0 Å². The summed E-state index contributed by atoms with van der Waals surface area (Å²) in [6.45, 7) is -0.174. The monoisotopic (exact) mass is 437 g/mol. The number of ether oxygens (including phenoxy) is 1. The van der Waals surface area contributed by atoms with Crippen LogP contribution >= 0.6 is 0 Å². The van der Waals surface area contributed by atoms with Crippen molar-refractivity contribution < 1.29 is 17.9 Å². The van der Waals surface area contributed by atoms with Gasteiger partial charge in [0.05, 0.1) is 23.1 Å². The van der Waals surface area contributed by atoms with Crippen molar-refractivity contribution in [3.05, 3.63) is 78.2 Å². The number of amides is 1. The van der Waals surface area contributed by atoms with E-state index < -0.39 is 22.5 Å². The number of nitriles is 1. The van der Waals surface area contributed by atoms with Crippen LogP contribution in [-0.4, -0.2) is 42.2 Å². The van der Waals surface area contributed by atoms with Crippen LogP contribution < -0.4 is 10.1 Å². The Hall–Kier alpha value is -3.81. The Kier molecular flexibility index (Phi) is 6.92. The number of likely N-dealkylation sites (N-methyl/N-ethyl adjacent to an activating group) is 1. The van der Waals surface area contributed by atoms with E-state index in [1.165, 1.54) is 37.5 Å². The molecule has 3 rings (SSSR count). The molecule has 10 heteroatoms. The molecule has 1 N–H and O–H groups in total. The fraction of sp³-hybridized carbons (Fsp3) is 0.143. The maximum Gasteiger partial charge on any atom is 0.243 e. The standard InChI is InChI=1S/C21H19N5O4S/c1-26(31(28,29)18-6-4-16(13-22)5-7-18)14-20(27)25-21-19(3-2-10-24-21)30-15-17-8-11-23-12-9-17/h2-12H,14-15H2,1H3,(H,24,25,27). The van der Waals surface area contributed by atoms with Gasteiger partial charge in [-0.15, -0.1) is 0 Å². The molecule has 0 aliphatic heterocycles. The van der Waals surface area contributed by atoms with Crippen molar-refractivity contribution in [2.24, 2.45) is 0 Å². The molecule has 0 saturated carbocycles. The zero-order valence-corrected chi connectivity index (χ0v) is 17.4. The quantitative estimate of drug-likeness (QED) is 0.572. The van der Waals surface area contributed by atoms with Crippen molar-refractivity contribution in [2.45, 2.75) is 11.5 Å². The lowest BCUT2D eigenvalue weighted by Gasteiger charge is -2.17. The highest BCUT2D eigenvalue weighted by Gasteiger charge is 2.23. The second-order valence-electron chi connectivity index (χ2n) is 6.44. The number of aromatic nitrogens is 2. The Morgan fingerprint density at radius 2 is 1.84 bits per heavy atom. The third-order valence-electron chi connectivity index (χ3n) is 4.23. The summed E-state index contributed by atoms with van der Waals surface area (Å²) in [5.74, 6) is -0.0387. The Morgan fingerprint density at radius 3 is 2.52 bits per heavy atom. The second-order valence-corrected chi connectivity index (χ2v) is 8.48. The number of hydrogen-bond acceptors (Lipinski definition) is 7. The molecule has 158 valence electrons. The minimum atomic E-state index is -3.90. The number of sulfonamides is 1. The van der Waals surface area contributed by atoms with Crippen molar-refractivity contribution in [3.8, 4) is 11.8 Å². The molecule has 0 fully saturated rings. The number of hydrogen-bond donors (Lipinski definition) is 1. The number of carbonyl (C=O) groups excluding carboxylic acids is 1. The topological polar surface area (TPSA) is 125 Å². The van der Waals surface area contributed by atoms with E-state index in [1.54, 1.807) is 36.7 Å². The van der Waals surface area contributed by atoms with Crippen LogP contribution in [0.5, 0.6) is 5.75 Å². The molecule has 0 radical (unpaired) electrons. The van der Waals surface area contributed by atoms with Gasteiger partial charge in [0.1, 0.15) is 6.61 Å². The van der Waals surface area contributed by atoms with E-state index in [2.05, 4.69) is 15.3 Å². The third kappa shape index (κ3) is 5.63. The highest BCUT2D eigenvalue weighted by Crippen LogP contribution is 2.22. The van der Waals surface area contributed by atoms with Crippen molar-refractivity contribution in [1.82, 2.24) is 14.3 Å². The van der Waals surface area contributed by atoms with Gasteiger partial charge in [0.15, 0.2) is 11.6 Å². The van der Waals surface area contributed by atoms with E-state index in [-0.39, 0.29) is 17.3 Å². The number of anilines is 1. The first-order chi connectivity index (χ1) is 14.9. The maximum atomic E-state index is 12.7. The highest BCUT2D eigenvalue weighted by molar-refractivity contribution is 7.89. The van der Waals surface area contributed by atoms with Crippen LogP contribution in [0.2, 0.25) is 0 Å². The van der Waals surface area contributed by atoms with Gasteiger partial charge in [-0.3, -0.25) is 9.78 Å². The predicted octanol–water partition coefficient (Wildman–Crippen LogP) is 2.19. The summed E-state index contributed by atoms with van der Waals surface area (Å²) >= 11 is 0. The first kappa shape index (κ1) is 21.9. The number of rotatable bonds is 8. The summed E-state index contributed by atoms with van der Waals surface area (Å²) in [4.78, 5) is 20.5. The first-order valence-corrected chi connectivity index (χ1v) is 10.6. The molecule has 9 nitrogen and oxygen atoms in total. The summed E-state index contributed by atoms with van der Waals surface area (Å²) in [5.41, 5.74) is 1.23. The normalized spacial score (nSPS) is 11.0. The zero-order chi connectivity index (χ0) is 22.3. The van der Waals surface area contributed by atoms with Crippen molar-refractivity contribution in [3.63, 3.8) is 0 Å². The van der Waals surface area contributed by atoms with Crippen LogP contribution in [0.4, 0.5) is 5.82 Å². The number of carbonyl (C=O) groups is 1. The molecule has 0 aliphatic carbocycles. The molecule has 3 aromatic rings. The summed E-state index contributed by atoms with van der Waals surface area (Å²) in [7, 11) is -2.60. The third-order valence-corrected chi connectivity index (χ3v) is 6.05. The smallest absolute Gasteiger partial charge is 0.243 e. The van der Waals surface area contributed by atoms with Crippen molar-refractivity contribution >= 4 is 21.7 Å². The lowest BCUT2D eigenvalue weighted by atomic mass is 10.2. The van der Waals surface area contributed by atoms with Crippen molar-refractivity contribution in [1.29, 1.82) is 5.26 Å². The van der Waals surface area contributed by atoms with E-state index in [1.807, 2.05) is 6.07 Å². The van der Waals surface area contributed by atoms with E-state index >= 15 is 0 Å². The molecule has 2 heterocycles. The Morgan fingerprint density at radius 1 is 1.13 bits per heavy atom. The highest BCUT2D eigenvalue weighted by atomic mass is 32.2. The average Bonchev–Trinajstić information content (AvgIpc) is 2.79. The van der Waals surface area contributed by atoms with Crippen LogP contribution in [0.3, 0.4) is 0 Å². The minimum Gasteiger partial charge on any atom is -0.485 e. The molecule has 0 spiro atoms. The molecule has 2 aromatic heterocycles. The molecule has 0 unspecified atom stereocenters. The minimum absolute atomic E-state index is 0.0130. The van der Waals surface area contributed by atoms with Crippen LogP contribution in [-0.2, 0) is 21.4 Å². The number of benzene rings is 1. The summed E-state index contributed by atoms with van der Waals surface area (Å²) < 4.78 is 32.0. The van der Waals surface area contributed by atoms with Gasteiger partial charge in [0.25, 0.3) is 0 Å². The second kappa shape index (κ2) is 9.80. The van der Waals surface area contributed by atoms with Gasteiger partial charge >= 0.3 is 0 Å². The number of nitrogens with zero attached hydrogens (tertiary/aromatic N) is 4. The predicted molar refractivity (Wildman–Crippen MR) is 112 cm³/mol. The first-order valence-electron chi connectivity index (χ1n) is 9.13. The Labute approximate surface area is 180 Å². The SMILES string of the molecule is CN(CC(=O)Nc1ncccc1OCc1ccncc1)S(=O)(=O)c1ccc(C#N)cc1. The van der Waals surface area contributed by atoms with Gasteiger partial charge in [-0.1, -0.05) is 0 Å². The zero-order valence-electron chi connectivity index (χ0n) is 16.6. The Bertz CT molecular complexity index is 1190. The average molecular weight is 437 g/mol. The molecule has 0 aliphatic rings. The maximum absolute atomic E-state index is 12.7. The van der Waals surface area contributed by atoms with E-state index in [0.29, 0.717) is 11.3 Å². The fourth-order valence-electron chi connectivity index (χ4n) is 2.58. The van der Waals surface area contributed by atoms with Gasteiger partial charge in [0.2, 0.25) is 15.9 Å². The summed E-state index contributed by atoms with van der Waals surface area (Å²) in [6, 6.07) is 14.3. The number of pyridine rings is 2. The van der Waals surface area contributed by atoms with Gasteiger partial charge in [-0.25, -0.2) is 13.4 Å². The van der Waals surface area contributed by atoms with Crippen LogP contribution in [0.15, 0.2) is 72.0 Å². The number of nitrogens with one attached hydrogen (secondary N) is 1. The lowest BCUT2D eigenvalue weighted by molar-refractivity contribution is -0.116. The molecular weight excluding hydrogens is 418 g/mol. The molecule has 31 heavy (non-hydrogen) atoms. The van der Waals surface area contributed by atoms with Gasteiger partial charge < -0.3 is 10.1 Å². The molecule has 1 amide bonds. The van der Waals surface area contributed by atoms with Crippen molar-refractivity contribution in [2.75, 3.05) is 18.9 Å². The van der Waals surface area contributed by atoms with E-state index in [4.69, 9.17) is 10.00 Å². The molecular formula is C21H19N5O4S. The van der Waals surface area contributed by atoms with Crippen LogP contribution in [0, 0.1) is 11.3 Å². The summed E-state index contributed by atoms with van der Waals surface area (Å²) in [5, 5.41) is 11.4. The van der Waals surface area contributed by atoms with Gasteiger partial charge in [0, 0.05) is 25.6 Å². The summed E-state index contributed by atoms with van der Waals surface area (Å²) in [6.07, 6.45) is 4.79.